The van der Waals surface area contributed by atoms with Gasteiger partial charge in [0.2, 0.25) is 0 Å². The third-order valence-corrected chi connectivity index (χ3v) is 4.19. The summed E-state index contributed by atoms with van der Waals surface area (Å²) in [5, 5.41) is 7.85. The van der Waals surface area contributed by atoms with E-state index in [-0.39, 0.29) is 0 Å². The van der Waals surface area contributed by atoms with Crippen LogP contribution in [0.1, 0.15) is 33.9 Å². The van der Waals surface area contributed by atoms with Crippen molar-refractivity contribution in [3.8, 4) is 0 Å². The maximum atomic E-state index is 3.46. The van der Waals surface area contributed by atoms with Gasteiger partial charge in [-0.25, -0.2) is 0 Å². The highest BCUT2D eigenvalue weighted by molar-refractivity contribution is 7.07. The molecule has 1 atom stereocenters. The average molecular weight is 259 g/mol. The monoisotopic (exact) mass is 259 g/mol. The Balaban J connectivity index is 2.33. The van der Waals surface area contributed by atoms with Crippen molar-refractivity contribution in [2.75, 3.05) is 7.05 Å². The molecule has 1 aromatic carbocycles. The number of nitrogens with one attached hydrogen (secondary N) is 1. The predicted molar refractivity (Wildman–Crippen MR) is 80.5 cm³/mol. The van der Waals surface area contributed by atoms with Crippen molar-refractivity contribution in [1.82, 2.24) is 5.32 Å². The molecular formula is C16H21NS. The van der Waals surface area contributed by atoms with Crippen LogP contribution in [-0.4, -0.2) is 7.05 Å². The lowest BCUT2D eigenvalue weighted by molar-refractivity contribution is 0.586. The van der Waals surface area contributed by atoms with E-state index < -0.39 is 0 Å². The zero-order valence-electron chi connectivity index (χ0n) is 11.6. The van der Waals surface area contributed by atoms with E-state index in [2.05, 4.69) is 62.1 Å². The molecule has 0 aliphatic rings. The molecule has 0 fully saturated rings. The Morgan fingerprint density at radius 2 is 1.83 bits per heavy atom. The lowest BCUT2D eigenvalue weighted by atomic mass is 9.91. The van der Waals surface area contributed by atoms with E-state index in [0.717, 1.165) is 6.42 Å². The molecular weight excluding hydrogens is 238 g/mol. The summed E-state index contributed by atoms with van der Waals surface area (Å²) in [5.74, 6) is 0. The summed E-state index contributed by atoms with van der Waals surface area (Å²) in [6, 6.07) is 7.18. The summed E-state index contributed by atoms with van der Waals surface area (Å²) in [5.41, 5.74) is 7.00. The van der Waals surface area contributed by atoms with Gasteiger partial charge in [-0.2, -0.15) is 11.3 Å². The van der Waals surface area contributed by atoms with Crippen LogP contribution in [0.5, 0.6) is 0 Å². The zero-order valence-corrected chi connectivity index (χ0v) is 12.4. The first-order valence-corrected chi connectivity index (χ1v) is 7.32. The summed E-state index contributed by atoms with van der Waals surface area (Å²) in [6.45, 7) is 6.59. The van der Waals surface area contributed by atoms with Crippen molar-refractivity contribution >= 4 is 11.3 Å². The average Bonchev–Trinajstić information content (AvgIpc) is 2.79. The molecule has 2 aromatic rings. The first-order chi connectivity index (χ1) is 8.61. The van der Waals surface area contributed by atoms with Crippen molar-refractivity contribution in [2.24, 2.45) is 0 Å². The van der Waals surface area contributed by atoms with Crippen LogP contribution in [0.25, 0.3) is 0 Å². The molecule has 0 aliphatic carbocycles. The Labute approximate surface area is 114 Å². The number of hydrogen-bond acceptors (Lipinski definition) is 2. The molecule has 0 saturated heterocycles. The zero-order chi connectivity index (χ0) is 13.1. The highest BCUT2D eigenvalue weighted by Crippen LogP contribution is 2.26. The molecule has 1 unspecified atom stereocenters. The van der Waals surface area contributed by atoms with E-state index >= 15 is 0 Å². The molecule has 1 aromatic heterocycles. The lowest BCUT2D eigenvalue weighted by Gasteiger charge is -2.21. The summed E-state index contributed by atoms with van der Waals surface area (Å²) in [4.78, 5) is 0. The molecule has 0 aliphatic heterocycles. The largest absolute Gasteiger partial charge is 0.313 e. The highest BCUT2D eigenvalue weighted by Gasteiger charge is 2.15. The number of benzene rings is 1. The summed E-state index contributed by atoms with van der Waals surface area (Å²) >= 11 is 1.77. The fourth-order valence-corrected chi connectivity index (χ4v) is 3.42. The van der Waals surface area contributed by atoms with Gasteiger partial charge in [0, 0.05) is 6.04 Å². The minimum Gasteiger partial charge on any atom is -0.313 e. The first-order valence-electron chi connectivity index (χ1n) is 6.38. The Morgan fingerprint density at radius 3 is 2.33 bits per heavy atom. The van der Waals surface area contributed by atoms with Gasteiger partial charge in [0.15, 0.2) is 0 Å². The topological polar surface area (TPSA) is 12.0 Å². The minimum atomic E-state index is 0.403. The van der Waals surface area contributed by atoms with Crippen LogP contribution >= 0.6 is 11.3 Å². The normalized spacial score (nSPS) is 12.7. The van der Waals surface area contributed by atoms with Gasteiger partial charge < -0.3 is 5.32 Å². The molecule has 2 rings (SSSR count). The fourth-order valence-electron chi connectivity index (χ4n) is 2.73. The van der Waals surface area contributed by atoms with Gasteiger partial charge in [0.25, 0.3) is 0 Å². The van der Waals surface area contributed by atoms with E-state index in [1.165, 1.54) is 27.8 Å². The third-order valence-electron chi connectivity index (χ3n) is 3.45. The van der Waals surface area contributed by atoms with Gasteiger partial charge in [-0.1, -0.05) is 17.7 Å². The summed E-state index contributed by atoms with van der Waals surface area (Å²) in [6.07, 6.45) is 1.06. The lowest BCUT2D eigenvalue weighted by Crippen LogP contribution is -2.20. The third kappa shape index (κ3) is 2.82. The van der Waals surface area contributed by atoms with Crippen LogP contribution < -0.4 is 5.32 Å². The van der Waals surface area contributed by atoms with Crippen molar-refractivity contribution in [1.29, 1.82) is 0 Å². The summed E-state index contributed by atoms with van der Waals surface area (Å²) < 4.78 is 0. The SMILES string of the molecule is CNC(Cc1ccsc1)c1c(C)cc(C)cc1C. The second-order valence-corrected chi connectivity index (χ2v) is 5.77. The van der Waals surface area contributed by atoms with Crippen molar-refractivity contribution in [3.05, 3.63) is 56.8 Å². The molecule has 1 N–H and O–H groups in total. The van der Waals surface area contributed by atoms with Crippen LogP contribution in [0.4, 0.5) is 0 Å². The molecule has 18 heavy (non-hydrogen) atoms. The molecule has 0 saturated carbocycles. The number of likely N-dealkylation sites (N-methyl/N-ethyl adjacent to an activating group) is 1. The molecule has 2 heteroatoms. The quantitative estimate of drug-likeness (QED) is 0.868. The fraction of sp³-hybridized carbons (Fsp3) is 0.375. The molecule has 1 nitrogen and oxygen atoms in total. The van der Waals surface area contributed by atoms with Gasteiger partial charge in [-0.05, 0) is 73.3 Å². The van der Waals surface area contributed by atoms with Crippen LogP contribution in [0.15, 0.2) is 29.0 Å². The van der Waals surface area contributed by atoms with Gasteiger partial charge in [0.05, 0.1) is 0 Å². The van der Waals surface area contributed by atoms with E-state index in [1.54, 1.807) is 11.3 Å². The maximum Gasteiger partial charge on any atom is 0.0363 e. The number of rotatable bonds is 4. The van der Waals surface area contributed by atoms with E-state index in [0.29, 0.717) is 6.04 Å². The Morgan fingerprint density at radius 1 is 1.17 bits per heavy atom. The van der Waals surface area contributed by atoms with Crippen LogP contribution in [0, 0.1) is 20.8 Å². The van der Waals surface area contributed by atoms with Gasteiger partial charge >= 0.3 is 0 Å². The second-order valence-electron chi connectivity index (χ2n) is 4.99. The van der Waals surface area contributed by atoms with Crippen LogP contribution in [-0.2, 0) is 6.42 Å². The minimum absolute atomic E-state index is 0.403. The Bertz CT molecular complexity index is 491. The number of hydrogen-bond donors (Lipinski definition) is 1. The second kappa shape index (κ2) is 5.68. The number of aryl methyl sites for hydroxylation is 3. The predicted octanol–water partition coefficient (Wildman–Crippen LogP) is 4.18. The van der Waals surface area contributed by atoms with Crippen molar-refractivity contribution in [2.45, 2.75) is 33.2 Å². The molecule has 0 spiro atoms. The van der Waals surface area contributed by atoms with Crippen molar-refractivity contribution < 1.29 is 0 Å². The standard InChI is InChI=1S/C16H21NS/c1-11-7-12(2)16(13(3)8-11)15(17-4)9-14-5-6-18-10-14/h5-8,10,15,17H,9H2,1-4H3. The Kier molecular flexibility index (Phi) is 4.20. The van der Waals surface area contributed by atoms with Crippen molar-refractivity contribution in [3.63, 3.8) is 0 Å². The molecule has 0 radical (unpaired) electrons. The Hall–Kier alpha value is -1.12. The maximum absolute atomic E-state index is 3.46. The van der Waals surface area contributed by atoms with E-state index in [4.69, 9.17) is 0 Å². The summed E-state index contributed by atoms with van der Waals surface area (Å²) in [7, 11) is 2.05. The van der Waals surface area contributed by atoms with Crippen LogP contribution in [0.3, 0.4) is 0 Å². The van der Waals surface area contributed by atoms with Crippen LogP contribution in [0.2, 0.25) is 0 Å². The van der Waals surface area contributed by atoms with Gasteiger partial charge in [0.1, 0.15) is 0 Å². The van der Waals surface area contributed by atoms with E-state index in [1.807, 2.05) is 0 Å². The van der Waals surface area contributed by atoms with E-state index in [9.17, 15) is 0 Å². The number of thiophene rings is 1. The first kappa shape index (κ1) is 13.3. The molecule has 0 bridgehead atoms. The molecule has 1 heterocycles. The smallest absolute Gasteiger partial charge is 0.0363 e. The van der Waals surface area contributed by atoms with Gasteiger partial charge in [-0.3, -0.25) is 0 Å². The highest BCUT2D eigenvalue weighted by atomic mass is 32.1. The molecule has 0 amide bonds. The van der Waals surface area contributed by atoms with Gasteiger partial charge in [-0.15, -0.1) is 0 Å². The molecule has 96 valence electrons.